The van der Waals surface area contributed by atoms with Crippen LogP contribution in [0.15, 0.2) is 110 Å². The van der Waals surface area contributed by atoms with Gasteiger partial charge in [0.25, 0.3) is 5.91 Å². The van der Waals surface area contributed by atoms with Crippen LogP contribution in [0.3, 0.4) is 0 Å². The van der Waals surface area contributed by atoms with Gasteiger partial charge in [-0.05, 0) is 60.5 Å². The first kappa shape index (κ1) is 41.7. The van der Waals surface area contributed by atoms with Crippen LogP contribution in [-0.2, 0) is 9.59 Å². The lowest BCUT2D eigenvalue weighted by Gasteiger charge is -2.15. The van der Waals surface area contributed by atoms with E-state index in [0.717, 1.165) is 5.56 Å². The fraction of sp³-hybridized carbons (Fsp3) is 0.0909. The number of rotatable bonds is 12. The minimum absolute atomic E-state index is 0.102. The number of hydrogen-bond donors (Lipinski definition) is 3. The number of para-hydroxylation sites is 1. The molecule has 4 aromatic carbocycles. The van der Waals surface area contributed by atoms with E-state index in [9.17, 15) is 18.8 Å². The second kappa shape index (κ2) is 17.8. The number of primary amides is 1. The van der Waals surface area contributed by atoms with Crippen LogP contribution in [0.5, 0.6) is 11.5 Å². The third kappa shape index (κ3) is 8.93. The maximum absolute atomic E-state index is 14.7. The number of carbonyl (C=O) groups is 3. The number of pyridine rings is 1. The Morgan fingerprint density at radius 3 is 2.28 bits per heavy atom. The number of aromatic nitrogens is 5. The fourth-order valence-electron chi connectivity index (χ4n) is 6.23. The highest BCUT2D eigenvalue weighted by Gasteiger charge is 2.20. The highest BCUT2D eigenvalue weighted by atomic mass is 35.5. The van der Waals surface area contributed by atoms with Crippen molar-refractivity contribution in [1.29, 1.82) is 0 Å². The van der Waals surface area contributed by atoms with E-state index in [-0.39, 0.29) is 33.1 Å². The zero-order valence-corrected chi connectivity index (χ0v) is 34.3. The molecule has 0 atom stereocenters. The topological polar surface area (TPSA) is 187 Å². The molecule has 0 saturated carbocycles. The van der Waals surface area contributed by atoms with E-state index in [2.05, 4.69) is 35.6 Å². The quantitative estimate of drug-likeness (QED) is 0.0789. The van der Waals surface area contributed by atoms with Crippen molar-refractivity contribution in [3.8, 4) is 33.8 Å². The number of amides is 3. The van der Waals surface area contributed by atoms with Gasteiger partial charge in [-0.2, -0.15) is 4.98 Å². The molecule has 4 N–H and O–H groups in total. The number of hydrogen-bond acceptors (Lipinski definition) is 11. The van der Waals surface area contributed by atoms with Crippen LogP contribution in [0.4, 0.5) is 27.7 Å². The maximum atomic E-state index is 14.7. The summed E-state index contributed by atoms with van der Waals surface area (Å²) in [6, 6.07) is 17.8. The molecule has 0 spiro atoms. The molecule has 0 aliphatic carbocycles. The SMILES string of the molecule is COc1cc(OC)c(Cl)c(-c2cnc3nc(N(C)C(=O)/C=C/C=C\C(=O)Nc4cccc(C)c4Nc4ncc5cc(-c6cc(C(N)=O)ccc6F)ccc5n4)ncc3c2)c1Cl. The highest BCUT2D eigenvalue weighted by molar-refractivity contribution is 6.41. The number of likely N-dealkylation sites (N-methyl/N-ethyl adjacent to an activating group) is 1. The Hall–Kier alpha value is -7.49. The first-order chi connectivity index (χ1) is 29.3. The number of anilines is 4. The van der Waals surface area contributed by atoms with E-state index in [1.54, 1.807) is 54.9 Å². The van der Waals surface area contributed by atoms with Crippen molar-refractivity contribution in [2.75, 3.05) is 36.8 Å². The Morgan fingerprint density at radius 1 is 0.820 bits per heavy atom. The van der Waals surface area contributed by atoms with Gasteiger partial charge >= 0.3 is 0 Å². The molecule has 0 bridgehead atoms. The average Bonchev–Trinajstić information content (AvgIpc) is 3.25. The van der Waals surface area contributed by atoms with E-state index in [1.165, 1.54) is 74.9 Å². The minimum Gasteiger partial charge on any atom is -0.495 e. The molecule has 306 valence electrons. The molecule has 7 aromatic rings. The standard InChI is InChI=1S/C44H34Cl2FN9O5/c1-23-8-7-9-32(40(23)54-43-50-20-26-16-24(13-15-31(26)53-43)29-18-25(41(48)59)12-14-30(29)47)52-35(57)10-5-6-11-36(58)56(2)44-51-22-28-17-27(21-49-42(28)55-44)37-38(45)33(60-3)19-34(61-4)39(37)46/h5-22H,1-4H3,(H2,48,59)(H,52,57)(H,50,53,54)/b10-5-,11-6+. The second-order valence-corrected chi connectivity index (χ2v) is 14.1. The van der Waals surface area contributed by atoms with Crippen LogP contribution in [0.2, 0.25) is 10.0 Å². The third-order valence-electron chi connectivity index (χ3n) is 9.42. The summed E-state index contributed by atoms with van der Waals surface area (Å²) in [7, 11) is 4.48. The van der Waals surface area contributed by atoms with Crippen LogP contribution in [0.1, 0.15) is 15.9 Å². The Bertz CT molecular complexity index is 2940. The highest BCUT2D eigenvalue weighted by Crippen LogP contribution is 2.46. The Kier molecular flexibility index (Phi) is 12.1. The molecule has 3 aromatic heterocycles. The summed E-state index contributed by atoms with van der Waals surface area (Å²) >= 11 is 13.2. The van der Waals surface area contributed by atoms with E-state index in [1.807, 2.05) is 13.0 Å². The second-order valence-electron chi connectivity index (χ2n) is 13.3. The van der Waals surface area contributed by atoms with E-state index < -0.39 is 23.5 Å². The number of aryl methyl sites for hydroxylation is 1. The number of benzene rings is 4. The summed E-state index contributed by atoms with van der Waals surface area (Å²) in [4.78, 5) is 61.2. The van der Waals surface area contributed by atoms with Crippen molar-refractivity contribution >= 4 is 86.1 Å². The smallest absolute Gasteiger partial charge is 0.253 e. The molecular weight excluding hydrogens is 824 g/mol. The number of nitrogens with two attached hydrogens (primary N) is 1. The molecule has 0 fully saturated rings. The Morgan fingerprint density at radius 2 is 1.54 bits per heavy atom. The van der Waals surface area contributed by atoms with Gasteiger partial charge in [0.2, 0.25) is 23.7 Å². The molecule has 0 saturated heterocycles. The van der Waals surface area contributed by atoms with E-state index in [4.69, 9.17) is 38.4 Å². The first-order valence-corrected chi connectivity index (χ1v) is 19.0. The van der Waals surface area contributed by atoms with Crippen LogP contribution in [0, 0.1) is 12.7 Å². The molecular formula is C44H34Cl2FN9O5. The van der Waals surface area contributed by atoms with Gasteiger partial charge < -0.3 is 25.8 Å². The van der Waals surface area contributed by atoms with Crippen molar-refractivity contribution < 1.29 is 28.2 Å². The number of nitrogens with zero attached hydrogens (tertiary/aromatic N) is 6. The molecule has 0 unspecified atom stereocenters. The van der Waals surface area contributed by atoms with E-state index in [0.29, 0.717) is 61.5 Å². The maximum Gasteiger partial charge on any atom is 0.253 e. The van der Waals surface area contributed by atoms with Crippen molar-refractivity contribution in [2.24, 2.45) is 5.73 Å². The van der Waals surface area contributed by atoms with Crippen molar-refractivity contribution in [3.63, 3.8) is 0 Å². The molecule has 14 nitrogen and oxygen atoms in total. The first-order valence-electron chi connectivity index (χ1n) is 18.2. The summed E-state index contributed by atoms with van der Waals surface area (Å²) in [5, 5.41) is 7.79. The predicted molar refractivity (Wildman–Crippen MR) is 234 cm³/mol. The van der Waals surface area contributed by atoms with Crippen molar-refractivity contribution in [2.45, 2.75) is 6.92 Å². The van der Waals surface area contributed by atoms with Gasteiger partial charge in [-0.3, -0.25) is 19.3 Å². The molecule has 17 heteroatoms. The van der Waals surface area contributed by atoms with Gasteiger partial charge in [0.15, 0.2) is 5.65 Å². The number of methoxy groups -OCH3 is 2. The predicted octanol–water partition coefficient (Wildman–Crippen LogP) is 8.63. The summed E-state index contributed by atoms with van der Waals surface area (Å²) < 4.78 is 25.4. The lowest BCUT2D eigenvalue weighted by atomic mass is 10.0. The Labute approximate surface area is 357 Å². The number of halogens is 3. The van der Waals surface area contributed by atoms with Crippen molar-refractivity contribution in [3.05, 3.63) is 137 Å². The van der Waals surface area contributed by atoms with Crippen LogP contribution >= 0.6 is 23.2 Å². The monoisotopic (exact) mass is 857 g/mol. The van der Waals surface area contributed by atoms with Crippen LogP contribution < -0.4 is 30.7 Å². The van der Waals surface area contributed by atoms with Gasteiger partial charge in [-0.1, -0.05) is 53.6 Å². The van der Waals surface area contributed by atoms with Crippen LogP contribution in [-0.4, -0.2) is 63.9 Å². The van der Waals surface area contributed by atoms with Gasteiger partial charge in [-0.15, -0.1) is 0 Å². The van der Waals surface area contributed by atoms with E-state index >= 15 is 0 Å². The number of nitrogens with one attached hydrogen (secondary N) is 2. The van der Waals surface area contributed by atoms with Crippen molar-refractivity contribution in [1.82, 2.24) is 24.9 Å². The summed E-state index contributed by atoms with van der Waals surface area (Å²) in [6.07, 6.45) is 10.0. The summed E-state index contributed by atoms with van der Waals surface area (Å²) in [5.74, 6) is -0.964. The third-order valence-corrected chi connectivity index (χ3v) is 10.2. The Balaban J connectivity index is 0.998. The number of carbonyl (C=O) groups excluding carboxylic acids is 3. The minimum atomic E-state index is -0.660. The normalized spacial score (nSPS) is 11.3. The molecule has 7 rings (SSSR count). The average molecular weight is 859 g/mol. The lowest BCUT2D eigenvalue weighted by molar-refractivity contribution is -0.114. The molecule has 0 radical (unpaired) electrons. The number of ether oxygens (including phenoxy) is 2. The number of fused-ring (bicyclic) bond motifs is 2. The zero-order chi connectivity index (χ0) is 43.4. The molecule has 61 heavy (non-hydrogen) atoms. The molecule has 0 aliphatic rings. The fourth-order valence-corrected chi connectivity index (χ4v) is 6.95. The summed E-state index contributed by atoms with van der Waals surface area (Å²) in [5.41, 5.74) is 10.1. The molecule has 3 amide bonds. The summed E-state index contributed by atoms with van der Waals surface area (Å²) in [6.45, 7) is 1.86. The largest absolute Gasteiger partial charge is 0.495 e. The van der Waals surface area contributed by atoms with Crippen LogP contribution in [0.25, 0.3) is 44.2 Å². The molecule has 0 aliphatic heterocycles. The van der Waals surface area contributed by atoms with Gasteiger partial charge in [0.1, 0.15) is 17.3 Å². The van der Waals surface area contributed by atoms with Gasteiger partial charge in [0.05, 0.1) is 41.2 Å². The lowest BCUT2D eigenvalue weighted by Crippen LogP contribution is -2.26. The number of allylic oxidation sites excluding steroid dienone is 2. The molecule has 3 heterocycles. The van der Waals surface area contributed by atoms with Gasteiger partial charge in [-0.25, -0.2) is 24.3 Å². The zero-order valence-electron chi connectivity index (χ0n) is 32.8. The van der Waals surface area contributed by atoms with Gasteiger partial charge in [0, 0.05) is 76.9 Å².